The number of aryl methyl sites for hydroxylation is 1. The van der Waals surface area contributed by atoms with Gasteiger partial charge in [-0.1, -0.05) is 12.1 Å². The van der Waals surface area contributed by atoms with Crippen molar-refractivity contribution in [2.24, 2.45) is 0 Å². The number of amides is 2. The van der Waals surface area contributed by atoms with E-state index in [2.05, 4.69) is 15.2 Å². The molecule has 1 saturated heterocycles. The third-order valence-electron chi connectivity index (χ3n) is 5.43. The van der Waals surface area contributed by atoms with E-state index in [0.717, 1.165) is 43.9 Å². The number of piperazine rings is 1. The summed E-state index contributed by atoms with van der Waals surface area (Å²) in [6.45, 7) is 5.75. The van der Waals surface area contributed by atoms with Crippen LogP contribution < -0.4 is 10.1 Å². The normalized spacial score (nSPS) is 20.2. The minimum atomic E-state index is -0.282. The van der Waals surface area contributed by atoms with Gasteiger partial charge in [0.25, 0.3) is 11.8 Å². The van der Waals surface area contributed by atoms with Crippen molar-refractivity contribution in [3.8, 4) is 5.75 Å². The lowest BCUT2D eigenvalue weighted by molar-refractivity contribution is -0.130. The van der Waals surface area contributed by atoms with Gasteiger partial charge in [-0.05, 0) is 49.7 Å². The van der Waals surface area contributed by atoms with Gasteiger partial charge in [-0.25, -0.2) is 0 Å². The third kappa shape index (κ3) is 4.46. The Morgan fingerprint density at radius 1 is 1.21 bits per heavy atom. The van der Waals surface area contributed by atoms with Gasteiger partial charge in [0.15, 0.2) is 6.61 Å². The molecule has 1 N–H and O–H groups in total. The molecule has 3 heterocycles. The van der Waals surface area contributed by atoms with Crippen LogP contribution in [0.4, 0.5) is 0 Å². The number of rotatable bonds is 5. The van der Waals surface area contributed by atoms with Gasteiger partial charge < -0.3 is 15.0 Å². The molecule has 2 aromatic rings. The zero-order valence-electron chi connectivity index (χ0n) is 16.6. The van der Waals surface area contributed by atoms with Gasteiger partial charge in [0, 0.05) is 32.4 Å². The number of nitrogens with one attached hydrogen (secondary N) is 1. The molecule has 29 heavy (non-hydrogen) atoms. The van der Waals surface area contributed by atoms with Crippen molar-refractivity contribution in [3.63, 3.8) is 0 Å². The molecule has 1 unspecified atom stereocenters. The van der Waals surface area contributed by atoms with E-state index in [0.29, 0.717) is 17.9 Å². The fourth-order valence-corrected chi connectivity index (χ4v) is 3.87. The second-order valence-electron chi connectivity index (χ2n) is 7.55. The highest BCUT2D eigenvalue weighted by molar-refractivity contribution is 6.07. The quantitative estimate of drug-likeness (QED) is 0.780. The average molecular weight is 394 g/mol. The summed E-state index contributed by atoms with van der Waals surface area (Å²) in [6, 6.07) is 11.6. The van der Waals surface area contributed by atoms with Crippen LogP contribution in [-0.4, -0.2) is 65.9 Å². The third-order valence-corrected chi connectivity index (χ3v) is 5.43. The van der Waals surface area contributed by atoms with Crippen molar-refractivity contribution in [2.75, 3.05) is 39.3 Å². The molecule has 4 rings (SSSR count). The van der Waals surface area contributed by atoms with Gasteiger partial charge in [0.2, 0.25) is 0 Å². The van der Waals surface area contributed by atoms with Gasteiger partial charge in [0.1, 0.15) is 5.75 Å². The van der Waals surface area contributed by atoms with E-state index in [9.17, 15) is 9.59 Å². The van der Waals surface area contributed by atoms with E-state index >= 15 is 0 Å². The Bertz CT molecular complexity index is 887. The van der Waals surface area contributed by atoms with E-state index in [1.807, 2.05) is 43.5 Å². The van der Waals surface area contributed by atoms with Crippen LogP contribution in [-0.2, 0) is 4.79 Å². The van der Waals surface area contributed by atoms with Crippen LogP contribution in [0.15, 0.2) is 42.6 Å². The summed E-state index contributed by atoms with van der Waals surface area (Å²) >= 11 is 0. The first-order chi connectivity index (χ1) is 14.1. The topological polar surface area (TPSA) is 74.8 Å². The summed E-state index contributed by atoms with van der Waals surface area (Å²) in [5, 5.41) is 3.50. The Morgan fingerprint density at radius 2 is 2.10 bits per heavy atom. The molecular weight excluding hydrogens is 368 g/mol. The van der Waals surface area contributed by atoms with Crippen LogP contribution in [0.2, 0.25) is 0 Å². The van der Waals surface area contributed by atoms with Gasteiger partial charge in [0.05, 0.1) is 17.3 Å². The molecule has 0 radical (unpaired) electrons. The number of pyridine rings is 1. The van der Waals surface area contributed by atoms with Crippen molar-refractivity contribution in [1.29, 1.82) is 0 Å². The van der Waals surface area contributed by atoms with Crippen molar-refractivity contribution in [1.82, 2.24) is 20.1 Å². The summed E-state index contributed by atoms with van der Waals surface area (Å²) in [6.07, 6.45) is 2.54. The maximum Gasteiger partial charge on any atom is 0.267 e. The summed E-state index contributed by atoms with van der Waals surface area (Å²) in [5.41, 5.74) is 2.50. The number of hydrogen-bond donors (Lipinski definition) is 1. The fraction of sp³-hybridized carbons (Fsp3) is 0.409. The lowest BCUT2D eigenvalue weighted by Crippen LogP contribution is -2.47. The molecule has 7 nitrogen and oxygen atoms in total. The van der Waals surface area contributed by atoms with E-state index < -0.39 is 0 Å². The lowest BCUT2D eigenvalue weighted by Gasteiger charge is -2.33. The molecule has 2 aliphatic rings. The summed E-state index contributed by atoms with van der Waals surface area (Å²) in [7, 11) is 0. The van der Waals surface area contributed by atoms with Crippen molar-refractivity contribution >= 4 is 11.8 Å². The predicted octanol–water partition coefficient (Wildman–Crippen LogP) is 1.79. The van der Waals surface area contributed by atoms with Crippen LogP contribution in [0.1, 0.15) is 34.1 Å². The smallest absolute Gasteiger partial charge is 0.267 e. The number of ether oxygens (including phenoxy) is 1. The molecule has 1 aromatic heterocycles. The number of carbonyl (C=O) groups is 2. The van der Waals surface area contributed by atoms with E-state index in [1.54, 1.807) is 6.07 Å². The molecular formula is C22H26N4O3. The van der Waals surface area contributed by atoms with Gasteiger partial charge in [-0.2, -0.15) is 0 Å². The summed E-state index contributed by atoms with van der Waals surface area (Å²) in [5.74, 6) is -0.0594. The maximum atomic E-state index is 12.9. The molecule has 2 aliphatic heterocycles. The minimum Gasteiger partial charge on any atom is -0.483 e. The first kappa shape index (κ1) is 19.5. The second-order valence-corrected chi connectivity index (χ2v) is 7.55. The zero-order valence-corrected chi connectivity index (χ0v) is 16.6. The average Bonchev–Trinajstić information content (AvgIpc) is 2.86. The predicted molar refractivity (Wildman–Crippen MR) is 109 cm³/mol. The molecule has 0 bridgehead atoms. The van der Waals surface area contributed by atoms with E-state index in [1.165, 1.54) is 4.90 Å². The van der Waals surface area contributed by atoms with Gasteiger partial charge in [-0.15, -0.1) is 0 Å². The van der Waals surface area contributed by atoms with E-state index in [4.69, 9.17) is 4.74 Å². The van der Waals surface area contributed by atoms with E-state index in [-0.39, 0.29) is 24.5 Å². The largest absolute Gasteiger partial charge is 0.483 e. The number of hydrogen-bond acceptors (Lipinski definition) is 6. The lowest BCUT2D eigenvalue weighted by atomic mass is 10.1. The standard InChI is InChI=1S/C22H26N4O3/c1-16-6-7-17-20(13-16)29-15-21(27)26(22(17)28)11-4-10-25-12-9-24-19(14-25)18-5-2-3-8-23-18/h2-3,5-8,13,19,24H,4,9-12,14-15H2,1H3. The van der Waals surface area contributed by atoms with Crippen molar-refractivity contribution in [3.05, 3.63) is 59.4 Å². The molecule has 0 saturated carbocycles. The van der Waals surface area contributed by atoms with Crippen LogP contribution >= 0.6 is 0 Å². The van der Waals surface area contributed by atoms with Crippen LogP contribution in [0.25, 0.3) is 0 Å². The number of aromatic nitrogens is 1. The molecule has 1 atom stereocenters. The summed E-state index contributed by atoms with van der Waals surface area (Å²) < 4.78 is 5.56. The Morgan fingerprint density at radius 3 is 2.93 bits per heavy atom. The van der Waals surface area contributed by atoms with Gasteiger partial charge >= 0.3 is 0 Å². The summed E-state index contributed by atoms with van der Waals surface area (Å²) in [4.78, 5) is 33.5. The Labute approximate surface area is 170 Å². The molecule has 1 aromatic carbocycles. The molecule has 7 heteroatoms. The Kier molecular flexibility index (Phi) is 5.87. The Balaban J connectivity index is 1.35. The number of fused-ring (bicyclic) bond motifs is 1. The highest BCUT2D eigenvalue weighted by Gasteiger charge is 2.29. The van der Waals surface area contributed by atoms with Crippen LogP contribution in [0, 0.1) is 6.92 Å². The molecule has 0 spiro atoms. The molecule has 152 valence electrons. The second kappa shape index (κ2) is 8.71. The monoisotopic (exact) mass is 394 g/mol. The number of nitrogens with zero attached hydrogens (tertiary/aromatic N) is 3. The highest BCUT2D eigenvalue weighted by Crippen LogP contribution is 2.25. The molecule has 0 aliphatic carbocycles. The molecule has 2 amide bonds. The van der Waals surface area contributed by atoms with Crippen molar-refractivity contribution < 1.29 is 14.3 Å². The van der Waals surface area contributed by atoms with Gasteiger partial charge in [-0.3, -0.25) is 19.5 Å². The Hall–Kier alpha value is -2.77. The fourth-order valence-electron chi connectivity index (χ4n) is 3.87. The number of imide groups is 1. The van der Waals surface area contributed by atoms with Crippen LogP contribution in [0.3, 0.4) is 0 Å². The van der Waals surface area contributed by atoms with Crippen molar-refractivity contribution in [2.45, 2.75) is 19.4 Å². The van der Waals surface area contributed by atoms with Crippen LogP contribution in [0.5, 0.6) is 5.75 Å². The SMILES string of the molecule is Cc1ccc2c(c1)OCC(=O)N(CCCN1CCNC(c3ccccn3)C1)C2=O. The zero-order chi connectivity index (χ0) is 20.2. The maximum absolute atomic E-state index is 12.9. The first-order valence-corrected chi connectivity index (χ1v) is 10.1. The first-order valence-electron chi connectivity index (χ1n) is 10.1. The highest BCUT2D eigenvalue weighted by atomic mass is 16.5. The number of carbonyl (C=O) groups excluding carboxylic acids is 2. The number of benzene rings is 1. The molecule has 1 fully saturated rings. The minimum absolute atomic E-state index is 0.0996.